The van der Waals surface area contributed by atoms with Crippen molar-refractivity contribution >= 4 is 27.7 Å². The summed E-state index contributed by atoms with van der Waals surface area (Å²) in [6, 6.07) is 2.01. The van der Waals surface area contributed by atoms with Crippen molar-refractivity contribution in [1.29, 1.82) is 0 Å². The third-order valence-corrected chi connectivity index (χ3v) is 4.93. The van der Waals surface area contributed by atoms with E-state index < -0.39 is 0 Å². The van der Waals surface area contributed by atoms with Gasteiger partial charge in [-0.3, -0.25) is 9.69 Å². The number of aryl methyl sites for hydroxylation is 1. The number of amides is 1. The molecular formula is C14H16BrN3O2. The van der Waals surface area contributed by atoms with E-state index in [0.29, 0.717) is 11.2 Å². The average molecular weight is 338 g/mol. The molecule has 1 N–H and O–H groups in total. The molecule has 0 saturated carbocycles. The van der Waals surface area contributed by atoms with Gasteiger partial charge < -0.3 is 10.1 Å². The maximum absolute atomic E-state index is 12.4. The van der Waals surface area contributed by atoms with Crippen molar-refractivity contribution in [2.24, 2.45) is 5.41 Å². The lowest BCUT2D eigenvalue weighted by molar-refractivity contribution is -0.198. The molecule has 4 rings (SSSR count). The molecule has 1 unspecified atom stereocenters. The Morgan fingerprint density at radius 1 is 1.45 bits per heavy atom. The summed E-state index contributed by atoms with van der Waals surface area (Å²) in [4.78, 5) is 19.0. The number of likely N-dealkylation sites (tertiary alicyclic amines) is 1. The van der Waals surface area contributed by atoms with Gasteiger partial charge in [0.05, 0.1) is 19.3 Å². The van der Waals surface area contributed by atoms with Crippen LogP contribution < -0.4 is 5.32 Å². The molecule has 6 heteroatoms. The van der Waals surface area contributed by atoms with Gasteiger partial charge in [-0.1, -0.05) is 0 Å². The maximum Gasteiger partial charge on any atom is 0.242 e. The van der Waals surface area contributed by atoms with Crippen LogP contribution in [0.1, 0.15) is 12.0 Å². The average Bonchev–Trinajstić information content (AvgIpc) is 2.46. The summed E-state index contributed by atoms with van der Waals surface area (Å²) in [5.74, 6) is 0.788. The molecule has 1 aromatic rings. The second kappa shape index (κ2) is 4.51. The zero-order valence-electron chi connectivity index (χ0n) is 11.1. The van der Waals surface area contributed by atoms with Crippen molar-refractivity contribution in [3.8, 4) is 0 Å². The minimum absolute atomic E-state index is 0.0331. The Morgan fingerprint density at radius 2 is 2.25 bits per heavy atom. The van der Waals surface area contributed by atoms with Gasteiger partial charge in [0.1, 0.15) is 5.82 Å². The Hall–Kier alpha value is -0.980. The van der Waals surface area contributed by atoms with E-state index in [1.54, 1.807) is 6.20 Å². The zero-order chi connectivity index (χ0) is 13.7. The number of halogens is 1. The van der Waals surface area contributed by atoms with Crippen molar-refractivity contribution in [1.82, 2.24) is 9.88 Å². The Bertz CT molecular complexity index is 566. The Labute approximate surface area is 125 Å². The van der Waals surface area contributed by atoms with Crippen LogP contribution in [0.2, 0.25) is 0 Å². The standard InChI is InChI=1S/C14H16BrN3O2/c15-10-3-9-1-2-11(13(19)17-12(9)16-4-10)18-5-14(6-18)7-20-8-14/h3-4,11H,1-2,5-8H2,(H,16,17,19). The number of aromatic nitrogens is 1. The van der Waals surface area contributed by atoms with Crippen molar-refractivity contribution < 1.29 is 9.53 Å². The van der Waals surface area contributed by atoms with E-state index in [4.69, 9.17) is 4.74 Å². The molecule has 2 fully saturated rings. The number of rotatable bonds is 1. The van der Waals surface area contributed by atoms with Crippen molar-refractivity contribution in [2.75, 3.05) is 31.6 Å². The molecule has 2 saturated heterocycles. The van der Waals surface area contributed by atoms with Crippen LogP contribution in [0.3, 0.4) is 0 Å². The third kappa shape index (κ3) is 1.98. The van der Waals surface area contributed by atoms with E-state index in [2.05, 4.69) is 31.1 Å². The van der Waals surface area contributed by atoms with Gasteiger partial charge in [0.2, 0.25) is 5.91 Å². The largest absolute Gasteiger partial charge is 0.380 e. The maximum atomic E-state index is 12.4. The molecule has 0 radical (unpaired) electrons. The quantitative estimate of drug-likeness (QED) is 0.842. The molecule has 1 atom stereocenters. The van der Waals surface area contributed by atoms with Gasteiger partial charge in [-0.25, -0.2) is 4.98 Å². The number of fused-ring (bicyclic) bond motifs is 1. The number of hydrogen-bond acceptors (Lipinski definition) is 4. The Kier molecular flexibility index (Phi) is 2.87. The smallest absolute Gasteiger partial charge is 0.242 e. The molecule has 0 bridgehead atoms. The van der Waals surface area contributed by atoms with Crippen LogP contribution in [-0.4, -0.2) is 48.1 Å². The number of anilines is 1. The minimum atomic E-state index is -0.0331. The van der Waals surface area contributed by atoms with Gasteiger partial charge in [-0.15, -0.1) is 0 Å². The zero-order valence-corrected chi connectivity index (χ0v) is 12.6. The summed E-state index contributed by atoms with van der Waals surface area (Å²) in [7, 11) is 0. The molecule has 3 aliphatic heterocycles. The lowest BCUT2D eigenvalue weighted by Gasteiger charge is -2.56. The highest BCUT2D eigenvalue weighted by Crippen LogP contribution is 2.40. The monoisotopic (exact) mass is 337 g/mol. The van der Waals surface area contributed by atoms with Crippen LogP contribution in [-0.2, 0) is 16.0 Å². The van der Waals surface area contributed by atoms with Gasteiger partial charge in [-0.2, -0.15) is 0 Å². The highest BCUT2D eigenvalue weighted by molar-refractivity contribution is 9.10. The molecule has 20 heavy (non-hydrogen) atoms. The molecular weight excluding hydrogens is 322 g/mol. The van der Waals surface area contributed by atoms with E-state index in [1.807, 2.05) is 6.07 Å². The van der Waals surface area contributed by atoms with Gasteiger partial charge >= 0.3 is 0 Å². The predicted octanol–water partition coefficient (Wildman–Crippen LogP) is 1.43. The Morgan fingerprint density at radius 3 is 2.95 bits per heavy atom. The molecule has 0 aromatic carbocycles. The van der Waals surface area contributed by atoms with E-state index in [1.165, 1.54) is 0 Å². The highest BCUT2D eigenvalue weighted by atomic mass is 79.9. The van der Waals surface area contributed by atoms with Gasteiger partial charge in [0.15, 0.2) is 0 Å². The fraction of sp³-hybridized carbons (Fsp3) is 0.571. The summed E-state index contributed by atoms with van der Waals surface area (Å²) >= 11 is 3.43. The number of ether oxygens (including phenoxy) is 1. The second-order valence-corrected chi connectivity index (χ2v) is 7.02. The number of nitrogens with zero attached hydrogens (tertiary/aromatic N) is 2. The molecule has 0 aliphatic carbocycles. The lowest BCUT2D eigenvalue weighted by Crippen LogP contribution is -2.69. The van der Waals surface area contributed by atoms with Crippen LogP contribution in [0.5, 0.6) is 0 Å². The van der Waals surface area contributed by atoms with Crippen LogP contribution in [0, 0.1) is 5.41 Å². The summed E-state index contributed by atoms with van der Waals surface area (Å²) in [5.41, 5.74) is 1.46. The molecule has 3 aliphatic rings. The first-order valence-corrected chi connectivity index (χ1v) is 7.72. The Balaban J connectivity index is 1.50. The first kappa shape index (κ1) is 12.7. The topological polar surface area (TPSA) is 54.5 Å². The first-order valence-electron chi connectivity index (χ1n) is 6.92. The van der Waals surface area contributed by atoms with Gasteiger partial charge in [0, 0.05) is 29.2 Å². The van der Waals surface area contributed by atoms with E-state index in [9.17, 15) is 4.79 Å². The number of carbonyl (C=O) groups is 1. The third-order valence-electron chi connectivity index (χ3n) is 4.50. The van der Waals surface area contributed by atoms with Crippen molar-refractivity contribution in [3.05, 3.63) is 22.3 Å². The van der Waals surface area contributed by atoms with Crippen LogP contribution in [0.15, 0.2) is 16.7 Å². The minimum Gasteiger partial charge on any atom is -0.380 e. The normalized spacial score (nSPS) is 28.1. The molecule has 1 spiro atoms. The van der Waals surface area contributed by atoms with Crippen LogP contribution in [0.4, 0.5) is 5.82 Å². The molecule has 1 amide bonds. The highest BCUT2D eigenvalue weighted by Gasteiger charge is 2.52. The number of nitrogens with one attached hydrogen (secondary N) is 1. The number of hydrogen-bond donors (Lipinski definition) is 1. The van der Waals surface area contributed by atoms with Gasteiger partial charge in [0.25, 0.3) is 0 Å². The SMILES string of the molecule is O=C1Nc2ncc(Br)cc2CCC1N1CC2(COC2)C1. The van der Waals surface area contributed by atoms with E-state index >= 15 is 0 Å². The van der Waals surface area contributed by atoms with Crippen molar-refractivity contribution in [3.63, 3.8) is 0 Å². The van der Waals surface area contributed by atoms with E-state index in [-0.39, 0.29) is 11.9 Å². The molecule has 5 nitrogen and oxygen atoms in total. The number of carbonyl (C=O) groups excluding carboxylic acids is 1. The fourth-order valence-electron chi connectivity index (χ4n) is 3.37. The summed E-state index contributed by atoms with van der Waals surface area (Å²) in [5, 5.41) is 2.97. The lowest BCUT2D eigenvalue weighted by atomic mass is 9.76. The van der Waals surface area contributed by atoms with Crippen LogP contribution in [0.25, 0.3) is 0 Å². The molecule has 4 heterocycles. The summed E-state index contributed by atoms with van der Waals surface area (Å²) in [6.07, 6.45) is 3.46. The fourth-order valence-corrected chi connectivity index (χ4v) is 3.74. The van der Waals surface area contributed by atoms with Crippen molar-refractivity contribution in [2.45, 2.75) is 18.9 Å². The molecule has 1 aromatic heterocycles. The first-order chi connectivity index (χ1) is 9.65. The number of pyridine rings is 1. The summed E-state index contributed by atoms with van der Waals surface area (Å²) < 4.78 is 6.25. The second-order valence-electron chi connectivity index (χ2n) is 6.10. The predicted molar refractivity (Wildman–Crippen MR) is 77.5 cm³/mol. The van der Waals surface area contributed by atoms with E-state index in [0.717, 1.165) is 49.2 Å². The summed E-state index contributed by atoms with van der Waals surface area (Å²) in [6.45, 7) is 3.68. The van der Waals surface area contributed by atoms with Crippen LogP contribution >= 0.6 is 15.9 Å². The molecule has 106 valence electrons. The van der Waals surface area contributed by atoms with Gasteiger partial charge in [-0.05, 0) is 40.4 Å².